The van der Waals surface area contributed by atoms with Crippen LogP contribution in [0.25, 0.3) is 0 Å². The minimum Gasteiger partial charge on any atom is -0.480 e. The summed E-state index contributed by atoms with van der Waals surface area (Å²) in [5.74, 6) is -1.63. The lowest BCUT2D eigenvalue weighted by atomic mass is 10.1. The lowest BCUT2D eigenvalue weighted by Crippen LogP contribution is -2.44. The number of ether oxygens (including phenoxy) is 2. The van der Waals surface area contributed by atoms with E-state index in [-0.39, 0.29) is 13.2 Å². The highest BCUT2D eigenvalue weighted by atomic mass is 16.6. The Labute approximate surface area is 129 Å². The van der Waals surface area contributed by atoms with E-state index >= 15 is 0 Å². The van der Waals surface area contributed by atoms with Crippen molar-refractivity contribution in [2.75, 3.05) is 13.2 Å². The molecule has 1 fully saturated rings. The molecule has 0 aliphatic carbocycles. The van der Waals surface area contributed by atoms with Gasteiger partial charge in [-0.25, -0.2) is 14.4 Å². The highest BCUT2D eigenvalue weighted by Crippen LogP contribution is 2.26. The van der Waals surface area contributed by atoms with E-state index in [0.29, 0.717) is 19.3 Å². The molecule has 1 rings (SSSR count). The molecule has 1 saturated heterocycles. The molecule has 8 nitrogen and oxygen atoms in total. The molecule has 1 unspecified atom stereocenters. The van der Waals surface area contributed by atoms with Gasteiger partial charge >= 0.3 is 18.0 Å². The maximum atomic E-state index is 11.4. The second-order valence-corrected chi connectivity index (χ2v) is 6.20. The van der Waals surface area contributed by atoms with Gasteiger partial charge in [-0.15, -0.1) is 0 Å². The fourth-order valence-corrected chi connectivity index (χ4v) is 2.44. The van der Waals surface area contributed by atoms with E-state index in [2.05, 4.69) is 0 Å². The Balaban J connectivity index is 2.37. The Morgan fingerprint density at radius 1 is 1.18 bits per heavy atom. The van der Waals surface area contributed by atoms with Crippen molar-refractivity contribution in [3.8, 4) is 0 Å². The second-order valence-electron chi connectivity index (χ2n) is 6.20. The number of carboxylic acids is 1. The van der Waals surface area contributed by atoms with Crippen LogP contribution in [0.1, 0.15) is 40.0 Å². The topological polar surface area (TPSA) is 113 Å². The van der Waals surface area contributed by atoms with Crippen LogP contribution in [-0.2, 0) is 19.1 Å². The Bertz CT molecular complexity index is 429. The Kier molecular flexibility index (Phi) is 6.16. The lowest BCUT2D eigenvalue weighted by molar-refractivity contribution is -0.160. The van der Waals surface area contributed by atoms with E-state index in [1.54, 1.807) is 20.8 Å². The molecule has 8 heteroatoms. The monoisotopic (exact) mass is 317 g/mol. The smallest absolute Gasteiger partial charge is 0.408 e. The summed E-state index contributed by atoms with van der Waals surface area (Å²) in [6.45, 7) is 5.21. The van der Waals surface area contributed by atoms with Crippen molar-refractivity contribution in [1.82, 2.24) is 4.90 Å². The van der Waals surface area contributed by atoms with E-state index in [1.165, 1.54) is 0 Å². The third-order valence-electron chi connectivity index (χ3n) is 3.24. The highest BCUT2D eigenvalue weighted by Gasteiger charge is 2.40. The summed E-state index contributed by atoms with van der Waals surface area (Å²) >= 11 is 0. The standard InChI is InChI=1S/C14H23NO7/c1-14(2,3)22-11(16)8-21-7-6-9-4-5-10(12(17)18)15(9)13(19)20/h9-10H,4-8H2,1-3H3,(H,17,18)(H,19,20)/t9?,10-/m0/s1. The number of aliphatic carboxylic acids is 1. The summed E-state index contributed by atoms with van der Waals surface area (Å²) in [7, 11) is 0. The van der Waals surface area contributed by atoms with Crippen molar-refractivity contribution < 1.29 is 34.1 Å². The van der Waals surface area contributed by atoms with Gasteiger partial charge in [0.15, 0.2) is 0 Å². The van der Waals surface area contributed by atoms with Crippen molar-refractivity contribution in [1.29, 1.82) is 0 Å². The molecular weight excluding hydrogens is 294 g/mol. The SMILES string of the molecule is CC(C)(C)OC(=O)COCCC1CC[C@@H](C(=O)O)N1C(=O)O. The molecule has 0 aromatic heterocycles. The molecule has 2 atom stereocenters. The van der Waals surface area contributed by atoms with Crippen LogP contribution in [0.5, 0.6) is 0 Å². The minimum atomic E-state index is -1.25. The van der Waals surface area contributed by atoms with Crippen molar-refractivity contribution in [2.24, 2.45) is 0 Å². The van der Waals surface area contributed by atoms with Gasteiger partial charge in [0.05, 0.1) is 0 Å². The van der Waals surface area contributed by atoms with E-state index in [1.807, 2.05) is 0 Å². The number of hydrogen-bond donors (Lipinski definition) is 2. The number of hydrogen-bond acceptors (Lipinski definition) is 5. The maximum Gasteiger partial charge on any atom is 0.408 e. The Morgan fingerprint density at radius 2 is 1.82 bits per heavy atom. The van der Waals surface area contributed by atoms with Gasteiger partial charge < -0.3 is 19.7 Å². The van der Waals surface area contributed by atoms with E-state index < -0.39 is 35.7 Å². The fourth-order valence-electron chi connectivity index (χ4n) is 2.44. The molecule has 1 heterocycles. The molecule has 0 radical (unpaired) electrons. The largest absolute Gasteiger partial charge is 0.480 e. The van der Waals surface area contributed by atoms with Gasteiger partial charge in [0, 0.05) is 12.6 Å². The molecule has 1 aliphatic rings. The van der Waals surface area contributed by atoms with Gasteiger partial charge in [0.2, 0.25) is 0 Å². The zero-order valence-electron chi connectivity index (χ0n) is 13.1. The number of carbonyl (C=O) groups excluding carboxylic acids is 1. The predicted octanol–water partition coefficient (Wildman–Crippen LogP) is 1.33. The second kappa shape index (κ2) is 7.44. The van der Waals surface area contributed by atoms with E-state index in [4.69, 9.17) is 19.7 Å². The minimum absolute atomic E-state index is 0.167. The third-order valence-corrected chi connectivity index (χ3v) is 3.24. The normalized spacial score (nSPS) is 21.7. The van der Waals surface area contributed by atoms with E-state index in [0.717, 1.165) is 4.90 Å². The molecule has 0 spiro atoms. The Hall–Kier alpha value is -1.83. The fraction of sp³-hybridized carbons (Fsp3) is 0.786. The van der Waals surface area contributed by atoms with Gasteiger partial charge in [0.1, 0.15) is 18.2 Å². The summed E-state index contributed by atoms with van der Waals surface area (Å²) in [5, 5.41) is 18.1. The Morgan fingerprint density at radius 3 is 2.32 bits per heavy atom. The maximum absolute atomic E-state index is 11.4. The quantitative estimate of drug-likeness (QED) is 0.561. The third kappa shape index (κ3) is 5.51. The van der Waals surface area contributed by atoms with Crippen LogP contribution in [0, 0.1) is 0 Å². The zero-order valence-corrected chi connectivity index (χ0v) is 13.1. The average Bonchev–Trinajstić information content (AvgIpc) is 2.76. The number of amides is 1. The van der Waals surface area contributed by atoms with Crippen molar-refractivity contribution in [3.05, 3.63) is 0 Å². The van der Waals surface area contributed by atoms with Gasteiger partial charge in [-0.2, -0.15) is 0 Å². The first-order valence-electron chi connectivity index (χ1n) is 7.15. The van der Waals surface area contributed by atoms with Gasteiger partial charge in [-0.1, -0.05) is 0 Å². The van der Waals surface area contributed by atoms with Gasteiger partial charge in [0.25, 0.3) is 0 Å². The molecule has 0 bridgehead atoms. The molecule has 1 aliphatic heterocycles. The summed E-state index contributed by atoms with van der Waals surface area (Å²) in [5.41, 5.74) is -0.583. The van der Waals surface area contributed by atoms with Gasteiger partial charge in [-0.05, 0) is 40.0 Å². The van der Waals surface area contributed by atoms with Crippen LogP contribution in [0.2, 0.25) is 0 Å². The number of esters is 1. The first-order valence-corrected chi connectivity index (χ1v) is 7.15. The number of carbonyl (C=O) groups is 3. The van der Waals surface area contributed by atoms with Crippen LogP contribution in [0.15, 0.2) is 0 Å². The first kappa shape index (κ1) is 18.2. The average molecular weight is 317 g/mol. The molecule has 0 aromatic carbocycles. The number of nitrogens with zero attached hydrogens (tertiary/aromatic N) is 1. The molecule has 2 N–H and O–H groups in total. The van der Waals surface area contributed by atoms with Gasteiger partial charge in [-0.3, -0.25) is 4.90 Å². The summed E-state index contributed by atoms with van der Waals surface area (Å²) in [6, 6.07) is -1.41. The highest BCUT2D eigenvalue weighted by molar-refractivity contribution is 5.80. The van der Waals surface area contributed by atoms with Crippen molar-refractivity contribution in [2.45, 2.75) is 57.7 Å². The number of carboxylic acid groups (broad SMARTS) is 2. The number of likely N-dealkylation sites (tertiary alicyclic amines) is 1. The summed E-state index contributed by atoms with van der Waals surface area (Å²) < 4.78 is 10.3. The van der Waals surface area contributed by atoms with Crippen LogP contribution in [0.4, 0.5) is 4.79 Å². The summed E-state index contributed by atoms with van der Waals surface area (Å²) in [4.78, 5) is 34.6. The van der Waals surface area contributed by atoms with Crippen molar-refractivity contribution >= 4 is 18.0 Å². The first-order chi connectivity index (χ1) is 10.1. The zero-order chi connectivity index (χ0) is 16.9. The van der Waals surface area contributed by atoms with Crippen LogP contribution in [-0.4, -0.2) is 64.0 Å². The van der Waals surface area contributed by atoms with Crippen LogP contribution in [0.3, 0.4) is 0 Å². The molecule has 0 saturated carbocycles. The molecule has 22 heavy (non-hydrogen) atoms. The molecular formula is C14H23NO7. The van der Waals surface area contributed by atoms with E-state index in [9.17, 15) is 14.4 Å². The van der Waals surface area contributed by atoms with Crippen molar-refractivity contribution in [3.63, 3.8) is 0 Å². The predicted molar refractivity (Wildman–Crippen MR) is 75.6 cm³/mol. The van der Waals surface area contributed by atoms with Crippen LogP contribution >= 0.6 is 0 Å². The van der Waals surface area contributed by atoms with Crippen LogP contribution < -0.4 is 0 Å². The molecule has 126 valence electrons. The molecule has 0 aromatic rings. The number of rotatable bonds is 6. The lowest BCUT2D eigenvalue weighted by Gasteiger charge is -2.25. The molecule has 1 amide bonds. The summed E-state index contributed by atoms with van der Waals surface area (Å²) in [6.07, 6.45) is -0.141.